The first-order valence-corrected chi connectivity index (χ1v) is 10.6. The van der Waals surface area contributed by atoms with Crippen molar-refractivity contribution in [3.63, 3.8) is 0 Å². The number of rotatable bonds is 5. The van der Waals surface area contributed by atoms with E-state index >= 15 is 0 Å². The average Bonchev–Trinajstić information content (AvgIpc) is 3.09. The lowest BCUT2D eigenvalue weighted by Gasteiger charge is -2.09. The van der Waals surface area contributed by atoms with Gasteiger partial charge in [0.2, 0.25) is 5.65 Å². The second-order valence-corrected chi connectivity index (χ2v) is 8.47. The van der Waals surface area contributed by atoms with Gasteiger partial charge in [-0.15, -0.1) is 10.2 Å². The van der Waals surface area contributed by atoms with Crippen molar-refractivity contribution in [2.75, 3.05) is 5.75 Å². The number of thioether (sulfide) groups is 1. The van der Waals surface area contributed by atoms with E-state index < -0.39 is 0 Å². The summed E-state index contributed by atoms with van der Waals surface area (Å²) in [5, 5.41) is 8.74. The molecule has 0 fully saturated rings. The van der Waals surface area contributed by atoms with Crippen molar-refractivity contribution in [3.05, 3.63) is 87.0 Å². The fourth-order valence-corrected chi connectivity index (χ4v) is 4.39. The molecule has 0 unspecified atom stereocenters. The number of hydrogen-bond acceptors (Lipinski definition) is 5. The number of Topliss-reactive ketones (excluding diaryl/α,β-unsaturated/α-hetero) is 1. The molecule has 0 radical (unpaired) electrons. The largest absolute Gasteiger partial charge is 0.300 e. The minimum Gasteiger partial charge on any atom is -0.293 e. The Labute approximate surface area is 178 Å². The predicted molar refractivity (Wildman–Crippen MR) is 119 cm³/mol. The maximum Gasteiger partial charge on any atom is 0.300 e. The third-order valence-corrected chi connectivity index (χ3v) is 5.88. The Morgan fingerprint density at radius 3 is 2.37 bits per heavy atom. The monoisotopic (exact) mass is 418 g/mol. The number of aromatic nitrogens is 4. The molecule has 0 aliphatic heterocycles. The van der Waals surface area contributed by atoms with Crippen molar-refractivity contribution in [2.24, 2.45) is 0 Å². The smallest absolute Gasteiger partial charge is 0.293 e. The summed E-state index contributed by atoms with van der Waals surface area (Å²) in [6, 6.07) is 11.8. The molecule has 0 saturated heterocycles. The van der Waals surface area contributed by atoms with Crippen molar-refractivity contribution < 1.29 is 4.79 Å². The number of benzene rings is 2. The molecule has 4 aromatic rings. The third kappa shape index (κ3) is 3.80. The zero-order valence-electron chi connectivity index (χ0n) is 17.3. The van der Waals surface area contributed by atoms with E-state index in [0.717, 1.165) is 27.9 Å². The van der Waals surface area contributed by atoms with Crippen LogP contribution in [0.25, 0.3) is 11.3 Å². The standard InChI is InChI=1S/C23H22N4O2S/c1-14-5-6-19(17(4)10-14)20(28)13-30-23-25-24-21-22(29)26(7-8-27(21)23)18-11-15(2)9-16(3)12-18/h5-12H,13H2,1-4H3. The van der Waals surface area contributed by atoms with Gasteiger partial charge in [-0.25, -0.2) is 0 Å². The zero-order chi connectivity index (χ0) is 21.4. The van der Waals surface area contributed by atoms with Crippen LogP contribution < -0.4 is 5.56 Å². The minimum atomic E-state index is -0.248. The molecule has 7 heteroatoms. The highest BCUT2D eigenvalue weighted by atomic mass is 32.2. The zero-order valence-corrected chi connectivity index (χ0v) is 18.2. The van der Waals surface area contributed by atoms with Gasteiger partial charge in [0.25, 0.3) is 0 Å². The molecule has 0 bridgehead atoms. The van der Waals surface area contributed by atoms with Crippen LogP contribution in [0.2, 0.25) is 0 Å². The molecule has 0 saturated carbocycles. The van der Waals surface area contributed by atoms with E-state index in [9.17, 15) is 9.59 Å². The number of hydrogen-bond donors (Lipinski definition) is 0. The number of ketones is 1. The third-order valence-electron chi connectivity index (χ3n) is 4.94. The Kier molecular flexibility index (Phi) is 5.30. The van der Waals surface area contributed by atoms with E-state index in [1.807, 2.05) is 58.0 Å². The van der Waals surface area contributed by atoms with Gasteiger partial charge in [-0.05, 0) is 56.5 Å². The van der Waals surface area contributed by atoms with Crippen LogP contribution in [0, 0.1) is 27.7 Å². The number of nitrogens with zero attached hydrogens (tertiary/aromatic N) is 4. The maximum absolute atomic E-state index is 13.0. The summed E-state index contributed by atoms with van der Waals surface area (Å²) < 4.78 is 3.21. The van der Waals surface area contributed by atoms with E-state index in [1.165, 1.54) is 11.8 Å². The van der Waals surface area contributed by atoms with E-state index in [1.54, 1.807) is 21.4 Å². The molecule has 6 nitrogen and oxygen atoms in total. The van der Waals surface area contributed by atoms with Crippen LogP contribution in [0.5, 0.6) is 0 Å². The Morgan fingerprint density at radius 2 is 1.67 bits per heavy atom. The fraction of sp³-hybridized carbons (Fsp3) is 0.217. The topological polar surface area (TPSA) is 69.3 Å². The van der Waals surface area contributed by atoms with Crippen LogP contribution >= 0.6 is 11.8 Å². The number of aryl methyl sites for hydroxylation is 4. The molecule has 152 valence electrons. The van der Waals surface area contributed by atoms with Crippen molar-refractivity contribution in [1.29, 1.82) is 0 Å². The quantitative estimate of drug-likeness (QED) is 0.361. The Bertz CT molecular complexity index is 1320. The lowest BCUT2D eigenvalue weighted by molar-refractivity contribution is 0.102. The van der Waals surface area contributed by atoms with E-state index in [-0.39, 0.29) is 22.7 Å². The second-order valence-electron chi connectivity index (χ2n) is 7.53. The molecule has 2 aromatic heterocycles. The van der Waals surface area contributed by atoms with Gasteiger partial charge in [0, 0.05) is 23.6 Å². The molecule has 0 spiro atoms. The SMILES string of the molecule is Cc1cc(C)cc(-n2ccn3c(SCC(=O)c4ccc(C)cc4C)nnc3c2=O)c1. The summed E-state index contributed by atoms with van der Waals surface area (Å²) in [6.45, 7) is 7.94. The Morgan fingerprint density at radius 1 is 0.933 bits per heavy atom. The van der Waals surface area contributed by atoms with Gasteiger partial charge in [0.15, 0.2) is 10.9 Å². The number of fused-ring (bicyclic) bond motifs is 1. The van der Waals surface area contributed by atoms with Crippen molar-refractivity contribution in [2.45, 2.75) is 32.9 Å². The number of carbonyl (C=O) groups is 1. The summed E-state index contributed by atoms with van der Waals surface area (Å²) in [5.74, 6) is 0.253. The van der Waals surface area contributed by atoms with Gasteiger partial charge in [0.1, 0.15) is 0 Å². The van der Waals surface area contributed by atoms with Crippen LogP contribution in [-0.4, -0.2) is 30.7 Å². The van der Waals surface area contributed by atoms with Crippen LogP contribution in [0.3, 0.4) is 0 Å². The van der Waals surface area contributed by atoms with E-state index in [0.29, 0.717) is 10.7 Å². The molecular weight excluding hydrogens is 396 g/mol. The average molecular weight is 419 g/mol. The van der Waals surface area contributed by atoms with Crippen LogP contribution in [0.15, 0.2) is 58.7 Å². The van der Waals surface area contributed by atoms with Gasteiger partial charge in [-0.3, -0.25) is 18.6 Å². The highest BCUT2D eigenvalue weighted by molar-refractivity contribution is 7.99. The molecular formula is C23H22N4O2S. The van der Waals surface area contributed by atoms with E-state index in [2.05, 4.69) is 16.3 Å². The molecule has 0 aliphatic carbocycles. The van der Waals surface area contributed by atoms with Crippen LogP contribution in [0.1, 0.15) is 32.6 Å². The van der Waals surface area contributed by atoms with Gasteiger partial charge >= 0.3 is 5.56 Å². The Hall–Kier alpha value is -3.19. The van der Waals surface area contributed by atoms with Crippen molar-refractivity contribution in [3.8, 4) is 5.69 Å². The van der Waals surface area contributed by atoms with Gasteiger partial charge in [-0.1, -0.05) is 41.6 Å². The molecule has 30 heavy (non-hydrogen) atoms. The summed E-state index contributed by atoms with van der Waals surface area (Å²) in [7, 11) is 0. The normalized spacial score (nSPS) is 11.2. The van der Waals surface area contributed by atoms with Crippen molar-refractivity contribution >= 4 is 23.2 Å². The highest BCUT2D eigenvalue weighted by Crippen LogP contribution is 2.20. The van der Waals surface area contributed by atoms with Crippen LogP contribution in [-0.2, 0) is 0 Å². The summed E-state index contributed by atoms with van der Waals surface area (Å²) >= 11 is 1.28. The maximum atomic E-state index is 13.0. The lowest BCUT2D eigenvalue weighted by atomic mass is 10.0. The summed E-state index contributed by atoms with van der Waals surface area (Å²) in [4.78, 5) is 25.6. The van der Waals surface area contributed by atoms with Crippen molar-refractivity contribution in [1.82, 2.24) is 19.2 Å². The number of carbonyl (C=O) groups excluding carboxylic acids is 1. The first-order valence-electron chi connectivity index (χ1n) is 9.62. The molecule has 2 heterocycles. The highest BCUT2D eigenvalue weighted by Gasteiger charge is 2.15. The second kappa shape index (κ2) is 7.91. The first kappa shape index (κ1) is 20.1. The van der Waals surface area contributed by atoms with Crippen LogP contribution in [0.4, 0.5) is 0 Å². The fourth-order valence-electron chi connectivity index (χ4n) is 3.59. The van der Waals surface area contributed by atoms with Gasteiger partial charge in [-0.2, -0.15) is 0 Å². The molecule has 4 rings (SSSR count). The molecule has 0 amide bonds. The molecule has 0 atom stereocenters. The predicted octanol–water partition coefficient (Wildman–Crippen LogP) is 4.09. The molecule has 0 N–H and O–H groups in total. The lowest BCUT2D eigenvalue weighted by Crippen LogP contribution is -2.20. The Balaban J connectivity index is 1.61. The molecule has 0 aliphatic rings. The molecule has 2 aromatic carbocycles. The van der Waals surface area contributed by atoms with Gasteiger partial charge in [0.05, 0.1) is 5.75 Å². The van der Waals surface area contributed by atoms with E-state index in [4.69, 9.17) is 0 Å². The summed E-state index contributed by atoms with van der Waals surface area (Å²) in [6.07, 6.45) is 3.47. The summed E-state index contributed by atoms with van der Waals surface area (Å²) in [5.41, 5.74) is 5.74. The minimum absolute atomic E-state index is 0.0258. The van der Waals surface area contributed by atoms with Gasteiger partial charge < -0.3 is 0 Å². The first-order chi connectivity index (χ1) is 14.3.